The molecule has 3 aliphatic rings. The molecule has 0 radical (unpaired) electrons. The van der Waals surface area contributed by atoms with Crippen molar-refractivity contribution in [2.24, 2.45) is 5.92 Å². The van der Waals surface area contributed by atoms with E-state index in [0.717, 1.165) is 62.1 Å². The molecule has 0 unspecified atom stereocenters. The van der Waals surface area contributed by atoms with Gasteiger partial charge in [-0.15, -0.1) is 0 Å². The predicted octanol–water partition coefficient (Wildman–Crippen LogP) is 6.61. The van der Waals surface area contributed by atoms with E-state index in [2.05, 4.69) is 29.4 Å². The van der Waals surface area contributed by atoms with Crippen molar-refractivity contribution in [3.63, 3.8) is 0 Å². The lowest BCUT2D eigenvalue weighted by Gasteiger charge is -2.32. The maximum absolute atomic E-state index is 14.8. The maximum Gasteiger partial charge on any atom is 0.328 e. The Bertz CT molecular complexity index is 1550. The van der Waals surface area contributed by atoms with Crippen molar-refractivity contribution >= 4 is 23.6 Å². The number of fused-ring (bicyclic) bond motifs is 1. The molecule has 1 aromatic heterocycles. The number of nitrogens with zero attached hydrogens (tertiary/aromatic N) is 3. The van der Waals surface area contributed by atoms with Gasteiger partial charge >= 0.3 is 5.97 Å². The Hall–Kier alpha value is -3.40. The molecule has 2 saturated heterocycles. The number of benzene rings is 2. The average molecular weight is 610 g/mol. The van der Waals surface area contributed by atoms with Gasteiger partial charge in [0.25, 0.3) is 5.79 Å². The summed E-state index contributed by atoms with van der Waals surface area (Å²) in [4.78, 5) is 18.3. The summed E-state index contributed by atoms with van der Waals surface area (Å²) in [6.07, 6.45) is 7.32. The number of hydrogen-bond donors (Lipinski definition) is 1. The molecule has 4 heterocycles. The number of halogens is 2. The fraction of sp³-hybridized carbons (Fsp3) is 0.455. The van der Waals surface area contributed by atoms with E-state index in [1.54, 1.807) is 31.3 Å². The first-order chi connectivity index (χ1) is 20.5. The van der Waals surface area contributed by atoms with Crippen LogP contribution in [-0.4, -0.2) is 50.8 Å². The number of para-hydroxylation sites is 1. The third-order valence-electron chi connectivity index (χ3n) is 8.72. The molecule has 3 aromatic rings. The highest BCUT2D eigenvalue weighted by Gasteiger charge is 2.43. The number of carbonyl (C=O) groups is 1. The summed E-state index contributed by atoms with van der Waals surface area (Å²) in [5, 5.41) is 9.51. The second-order valence-electron chi connectivity index (χ2n) is 12.5. The van der Waals surface area contributed by atoms with Crippen molar-refractivity contribution in [1.82, 2.24) is 14.5 Å². The van der Waals surface area contributed by atoms with Crippen molar-refractivity contribution in [3.8, 4) is 11.5 Å². The van der Waals surface area contributed by atoms with Gasteiger partial charge in [0, 0.05) is 36.0 Å². The van der Waals surface area contributed by atoms with Crippen molar-refractivity contribution in [2.75, 3.05) is 19.7 Å². The Morgan fingerprint density at radius 3 is 2.67 bits per heavy atom. The lowest BCUT2D eigenvalue weighted by molar-refractivity contribution is -0.131. The normalized spacial score (nSPS) is 23.8. The third-order valence-corrected chi connectivity index (χ3v) is 8.96. The topological polar surface area (TPSA) is 86.1 Å². The minimum Gasteiger partial charge on any atom is -0.478 e. The maximum atomic E-state index is 14.8. The van der Waals surface area contributed by atoms with Crippen LogP contribution in [0.4, 0.5) is 4.39 Å². The number of likely N-dealkylation sites (tertiary alicyclic amines) is 1. The van der Waals surface area contributed by atoms with Gasteiger partial charge in [0.15, 0.2) is 11.5 Å². The van der Waals surface area contributed by atoms with Crippen LogP contribution in [0.5, 0.6) is 11.5 Å². The molecule has 2 atom stereocenters. The summed E-state index contributed by atoms with van der Waals surface area (Å²) in [5.41, 5.74) is 2.00. The van der Waals surface area contributed by atoms with Crippen LogP contribution in [-0.2, 0) is 28.4 Å². The van der Waals surface area contributed by atoms with E-state index in [4.69, 9.17) is 30.8 Å². The summed E-state index contributed by atoms with van der Waals surface area (Å²) in [7, 11) is 0. The molecule has 0 aliphatic carbocycles. The standard InChI is InChI=1S/C33H37ClFN3O5/c1-32(2)16-21(20-41-32)18-38-24(8-10-30(39)40)17-36-29(38)19-37-13-11-22(12-14-37)25-5-4-6-28-31(25)43-33(3,42-28)26-9-7-23(34)15-27(26)35/h4-10,15,17,21-22H,11-14,16,18-20H2,1-3H3,(H,39,40)/b10-8+/t21-,33-/m0/s1. The highest BCUT2D eigenvalue weighted by molar-refractivity contribution is 6.30. The Kier molecular flexibility index (Phi) is 8.00. The number of aromatic nitrogens is 2. The van der Waals surface area contributed by atoms with Crippen LogP contribution in [0.2, 0.25) is 5.02 Å². The molecule has 0 spiro atoms. The number of rotatable bonds is 8. The lowest BCUT2D eigenvalue weighted by atomic mass is 9.88. The van der Waals surface area contributed by atoms with Gasteiger partial charge in [-0.1, -0.05) is 23.7 Å². The smallest absolute Gasteiger partial charge is 0.328 e. The van der Waals surface area contributed by atoms with Gasteiger partial charge < -0.3 is 23.9 Å². The Labute approximate surface area is 256 Å². The molecular weight excluding hydrogens is 573 g/mol. The van der Waals surface area contributed by atoms with E-state index in [9.17, 15) is 14.3 Å². The largest absolute Gasteiger partial charge is 0.478 e. The molecule has 8 nitrogen and oxygen atoms in total. The highest BCUT2D eigenvalue weighted by Crippen LogP contribution is 2.50. The fourth-order valence-corrected chi connectivity index (χ4v) is 6.79. The number of imidazole rings is 1. The van der Waals surface area contributed by atoms with Crippen LogP contribution in [0.1, 0.15) is 68.6 Å². The molecule has 3 aliphatic heterocycles. The minimum absolute atomic E-state index is 0.156. The van der Waals surface area contributed by atoms with Crippen molar-refractivity contribution < 1.29 is 28.5 Å². The first kappa shape index (κ1) is 29.7. The van der Waals surface area contributed by atoms with Gasteiger partial charge in [-0.05, 0) is 82.5 Å². The third kappa shape index (κ3) is 6.30. The van der Waals surface area contributed by atoms with Crippen molar-refractivity contribution in [2.45, 2.75) is 70.4 Å². The van der Waals surface area contributed by atoms with E-state index in [1.165, 1.54) is 6.07 Å². The molecule has 1 N–H and O–H groups in total. The van der Waals surface area contributed by atoms with Crippen LogP contribution in [0, 0.1) is 11.7 Å². The number of ether oxygens (including phenoxy) is 3. The second kappa shape index (κ2) is 11.6. The summed E-state index contributed by atoms with van der Waals surface area (Å²) in [5.74, 6) is 0.0657. The zero-order chi connectivity index (χ0) is 30.4. The SMILES string of the molecule is CC1(C)C[C@@H](Cn2c(/C=C/C(=O)O)cnc2CN2CCC(c3cccc4c3O[C@@](C)(c3ccc(Cl)cc3F)O4)CC2)CO1. The summed E-state index contributed by atoms with van der Waals surface area (Å²) >= 11 is 5.97. The van der Waals surface area contributed by atoms with Crippen LogP contribution in [0.25, 0.3) is 6.08 Å². The molecule has 2 fully saturated rings. The number of hydrogen-bond acceptors (Lipinski definition) is 6. The van der Waals surface area contributed by atoms with Crippen LogP contribution in [0.3, 0.4) is 0 Å². The van der Waals surface area contributed by atoms with Crippen molar-refractivity contribution in [1.29, 1.82) is 0 Å². The van der Waals surface area contributed by atoms with E-state index < -0.39 is 17.6 Å². The molecular formula is C33H37ClFN3O5. The van der Waals surface area contributed by atoms with Crippen LogP contribution < -0.4 is 9.47 Å². The van der Waals surface area contributed by atoms with Crippen LogP contribution >= 0.6 is 11.6 Å². The Balaban J connectivity index is 1.14. The van der Waals surface area contributed by atoms with Crippen LogP contribution in [0.15, 0.2) is 48.7 Å². The monoisotopic (exact) mass is 609 g/mol. The predicted molar refractivity (Wildman–Crippen MR) is 161 cm³/mol. The highest BCUT2D eigenvalue weighted by atomic mass is 35.5. The molecule has 2 aromatic carbocycles. The van der Waals surface area contributed by atoms with E-state index in [0.29, 0.717) is 41.2 Å². The number of carboxylic acid groups (broad SMARTS) is 1. The average Bonchev–Trinajstić information content (AvgIpc) is 3.61. The molecule has 228 valence electrons. The molecule has 10 heteroatoms. The molecule has 0 saturated carbocycles. The van der Waals surface area contributed by atoms with Gasteiger partial charge in [-0.3, -0.25) is 4.90 Å². The van der Waals surface area contributed by atoms with Gasteiger partial charge in [-0.2, -0.15) is 0 Å². The zero-order valence-electron chi connectivity index (χ0n) is 24.7. The molecule has 43 heavy (non-hydrogen) atoms. The first-order valence-corrected chi connectivity index (χ1v) is 15.2. The first-order valence-electron chi connectivity index (χ1n) is 14.8. The molecule has 0 amide bonds. The summed E-state index contributed by atoms with van der Waals surface area (Å²) in [6.45, 7) is 9.75. The minimum atomic E-state index is -1.28. The number of aliphatic carboxylic acids is 1. The van der Waals surface area contributed by atoms with Gasteiger partial charge in [0.05, 0.1) is 36.2 Å². The zero-order valence-corrected chi connectivity index (χ0v) is 25.4. The van der Waals surface area contributed by atoms with E-state index in [1.807, 2.05) is 12.1 Å². The lowest BCUT2D eigenvalue weighted by Crippen LogP contribution is -2.34. The number of piperidine rings is 1. The van der Waals surface area contributed by atoms with Gasteiger partial charge in [-0.25, -0.2) is 14.2 Å². The van der Waals surface area contributed by atoms with Gasteiger partial charge in [0.2, 0.25) is 0 Å². The summed E-state index contributed by atoms with van der Waals surface area (Å²) < 4.78 is 35.4. The van der Waals surface area contributed by atoms with E-state index >= 15 is 0 Å². The fourth-order valence-electron chi connectivity index (χ4n) is 6.63. The quantitative estimate of drug-likeness (QED) is 0.288. The Morgan fingerprint density at radius 1 is 1.19 bits per heavy atom. The van der Waals surface area contributed by atoms with Gasteiger partial charge in [0.1, 0.15) is 11.6 Å². The molecule has 0 bridgehead atoms. The number of carboxylic acids is 1. The second-order valence-corrected chi connectivity index (χ2v) is 13.0. The molecule has 6 rings (SSSR count). The summed E-state index contributed by atoms with van der Waals surface area (Å²) in [6, 6.07) is 10.4. The van der Waals surface area contributed by atoms with Crippen molar-refractivity contribution in [3.05, 3.63) is 82.2 Å². The Morgan fingerprint density at radius 2 is 1.98 bits per heavy atom. The van der Waals surface area contributed by atoms with E-state index in [-0.39, 0.29) is 11.5 Å².